The van der Waals surface area contributed by atoms with Gasteiger partial charge in [-0.25, -0.2) is 17.9 Å². The molecule has 0 aliphatic heterocycles. The number of hydrogen-bond acceptors (Lipinski definition) is 4. The minimum Gasteiger partial charge on any atom is -0.380 e. The number of amides is 1. The lowest BCUT2D eigenvalue weighted by Gasteiger charge is -2.28. The van der Waals surface area contributed by atoms with Crippen molar-refractivity contribution in [2.45, 2.75) is 36.6 Å². The van der Waals surface area contributed by atoms with Crippen LogP contribution < -0.4 is 16.2 Å². The predicted molar refractivity (Wildman–Crippen MR) is 76.3 cm³/mol. The summed E-state index contributed by atoms with van der Waals surface area (Å²) in [7, 11) is -3.91. The van der Waals surface area contributed by atoms with Crippen molar-refractivity contribution in [1.29, 1.82) is 0 Å². The van der Waals surface area contributed by atoms with Crippen molar-refractivity contribution in [2.24, 2.45) is 16.8 Å². The average Bonchev–Trinajstić information content (AvgIpc) is 2.40. The summed E-state index contributed by atoms with van der Waals surface area (Å²) in [6, 6.07) is 3.55. The van der Waals surface area contributed by atoms with E-state index >= 15 is 0 Å². The molecule has 1 aliphatic carbocycles. The highest BCUT2D eigenvalue weighted by Gasteiger charge is 2.25. The highest BCUT2D eigenvalue weighted by molar-refractivity contribution is 7.89. The molecule has 0 radical (unpaired) electrons. The molecule has 1 saturated carbocycles. The molecule has 0 saturated heterocycles. The zero-order chi connectivity index (χ0) is 15.6. The predicted octanol–water partition coefficient (Wildman–Crippen LogP) is 0.929. The molecule has 21 heavy (non-hydrogen) atoms. The first kappa shape index (κ1) is 15.7. The molecule has 0 heterocycles. The van der Waals surface area contributed by atoms with E-state index < -0.39 is 15.8 Å². The van der Waals surface area contributed by atoms with E-state index in [0.29, 0.717) is 25.7 Å². The number of primary amides is 1. The van der Waals surface area contributed by atoms with E-state index in [1.165, 1.54) is 12.1 Å². The molecule has 0 atom stereocenters. The van der Waals surface area contributed by atoms with Crippen LogP contribution in [0.4, 0.5) is 10.1 Å². The fourth-order valence-corrected chi connectivity index (χ4v) is 3.06. The summed E-state index contributed by atoms with van der Waals surface area (Å²) < 4.78 is 36.2. The number of primary sulfonamides is 1. The Morgan fingerprint density at radius 2 is 1.86 bits per heavy atom. The van der Waals surface area contributed by atoms with Gasteiger partial charge in [-0.2, -0.15) is 0 Å². The van der Waals surface area contributed by atoms with Crippen molar-refractivity contribution in [1.82, 2.24) is 0 Å². The van der Waals surface area contributed by atoms with E-state index in [4.69, 9.17) is 10.9 Å². The van der Waals surface area contributed by atoms with Crippen molar-refractivity contribution >= 4 is 21.6 Å². The molecule has 2 rings (SSSR count). The lowest BCUT2D eigenvalue weighted by atomic mass is 9.85. The minimum absolute atomic E-state index is 0.0374. The molecule has 1 aromatic rings. The maximum atomic E-state index is 13.9. The number of benzene rings is 1. The minimum atomic E-state index is -3.91. The van der Waals surface area contributed by atoms with Gasteiger partial charge >= 0.3 is 0 Å². The Balaban J connectivity index is 2.03. The summed E-state index contributed by atoms with van der Waals surface area (Å²) in [6.45, 7) is 0. The lowest BCUT2D eigenvalue weighted by molar-refractivity contribution is -0.122. The van der Waals surface area contributed by atoms with Gasteiger partial charge in [-0.05, 0) is 43.9 Å². The topological polar surface area (TPSA) is 115 Å². The Bertz CT molecular complexity index is 640. The van der Waals surface area contributed by atoms with Crippen LogP contribution in [0.25, 0.3) is 0 Å². The molecule has 0 unspecified atom stereocenters. The fraction of sp³-hybridized carbons (Fsp3) is 0.462. The van der Waals surface area contributed by atoms with E-state index in [1.807, 2.05) is 0 Å². The molecule has 0 spiro atoms. The molecule has 1 aliphatic rings. The molecule has 116 valence electrons. The van der Waals surface area contributed by atoms with Gasteiger partial charge in [0, 0.05) is 12.0 Å². The standard InChI is InChI=1S/C13H18FN3O3S/c14-11-7-10(21(16,19)20)5-6-12(11)17-9-3-1-8(2-4-9)13(15)18/h5-9,17H,1-4H2,(H2,15,18)(H2,16,19,20). The molecule has 1 fully saturated rings. The Labute approximate surface area is 122 Å². The fourth-order valence-electron chi connectivity index (χ4n) is 2.53. The second-order valence-corrected chi connectivity index (χ2v) is 6.84. The number of carbonyl (C=O) groups excluding carboxylic acids is 1. The van der Waals surface area contributed by atoms with Crippen molar-refractivity contribution in [3.63, 3.8) is 0 Å². The molecular weight excluding hydrogens is 297 g/mol. The third-order valence-electron chi connectivity index (χ3n) is 3.76. The van der Waals surface area contributed by atoms with Crippen LogP contribution in [0.1, 0.15) is 25.7 Å². The monoisotopic (exact) mass is 315 g/mol. The van der Waals surface area contributed by atoms with E-state index in [0.717, 1.165) is 6.07 Å². The smallest absolute Gasteiger partial charge is 0.238 e. The molecule has 0 bridgehead atoms. The summed E-state index contributed by atoms with van der Waals surface area (Å²) in [5, 5.41) is 7.97. The first-order chi connectivity index (χ1) is 9.77. The molecule has 6 nitrogen and oxygen atoms in total. The summed E-state index contributed by atoms with van der Waals surface area (Å²) in [5.74, 6) is -1.08. The lowest BCUT2D eigenvalue weighted by Crippen LogP contribution is -2.32. The molecule has 1 aromatic carbocycles. The first-order valence-electron chi connectivity index (χ1n) is 6.65. The van der Waals surface area contributed by atoms with Gasteiger partial charge in [-0.1, -0.05) is 0 Å². The number of hydrogen-bond donors (Lipinski definition) is 3. The van der Waals surface area contributed by atoms with Crippen molar-refractivity contribution in [3.05, 3.63) is 24.0 Å². The van der Waals surface area contributed by atoms with Gasteiger partial charge in [0.05, 0.1) is 10.6 Å². The third-order valence-corrected chi connectivity index (χ3v) is 4.67. The van der Waals surface area contributed by atoms with Crippen LogP contribution in [0.3, 0.4) is 0 Å². The van der Waals surface area contributed by atoms with Crippen LogP contribution in [0.15, 0.2) is 23.1 Å². The summed E-state index contributed by atoms with van der Waals surface area (Å²) >= 11 is 0. The Morgan fingerprint density at radius 1 is 1.24 bits per heavy atom. The zero-order valence-corrected chi connectivity index (χ0v) is 12.2. The second-order valence-electron chi connectivity index (χ2n) is 5.28. The zero-order valence-electron chi connectivity index (χ0n) is 11.4. The van der Waals surface area contributed by atoms with Crippen LogP contribution in [-0.2, 0) is 14.8 Å². The van der Waals surface area contributed by atoms with Crippen LogP contribution in [0, 0.1) is 11.7 Å². The quantitative estimate of drug-likeness (QED) is 0.766. The molecule has 5 N–H and O–H groups in total. The van der Waals surface area contributed by atoms with Crippen LogP contribution in [0.2, 0.25) is 0 Å². The summed E-state index contributed by atoms with van der Waals surface area (Å²) in [4.78, 5) is 10.8. The number of sulfonamides is 1. The molecule has 8 heteroatoms. The van der Waals surface area contributed by atoms with Crippen molar-refractivity contribution in [3.8, 4) is 0 Å². The number of halogens is 1. The van der Waals surface area contributed by atoms with Crippen molar-refractivity contribution in [2.75, 3.05) is 5.32 Å². The molecular formula is C13H18FN3O3S. The Morgan fingerprint density at radius 3 is 2.33 bits per heavy atom. The largest absolute Gasteiger partial charge is 0.380 e. The Kier molecular flexibility index (Phi) is 4.48. The second kappa shape index (κ2) is 5.98. The number of nitrogens with one attached hydrogen (secondary N) is 1. The van der Waals surface area contributed by atoms with Gasteiger partial charge in [0.25, 0.3) is 0 Å². The first-order valence-corrected chi connectivity index (χ1v) is 8.20. The van der Waals surface area contributed by atoms with Crippen LogP contribution >= 0.6 is 0 Å². The van der Waals surface area contributed by atoms with E-state index in [2.05, 4.69) is 5.32 Å². The van der Waals surface area contributed by atoms with Crippen molar-refractivity contribution < 1.29 is 17.6 Å². The SMILES string of the molecule is NC(=O)C1CCC(Nc2ccc(S(N)(=O)=O)cc2F)CC1. The summed E-state index contributed by atoms with van der Waals surface area (Å²) in [6.07, 6.45) is 2.77. The highest BCUT2D eigenvalue weighted by atomic mass is 32.2. The number of nitrogens with two attached hydrogens (primary N) is 2. The van der Waals surface area contributed by atoms with Crippen LogP contribution in [0.5, 0.6) is 0 Å². The van der Waals surface area contributed by atoms with Gasteiger partial charge in [0.15, 0.2) is 0 Å². The third kappa shape index (κ3) is 3.92. The number of anilines is 1. The summed E-state index contributed by atoms with van der Waals surface area (Å²) in [5.41, 5.74) is 5.49. The average molecular weight is 315 g/mol. The van der Waals surface area contributed by atoms with Gasteiger partial charge in [-0.15, -0.1) is 0 Å². The van der Waals surface area contributed by atoms with Crippen LogP contribution in [-0.4, -0.2) is 20.4 Å². The van der Waals surface area contributed by atoms with Gasteiger partial charge in [0.2, 0.25) is 15.9 Å². The number of rotatable bonds is 4. The van der Waals surface area contributed by atoms with E-state index in [9.17, 15) is 17.6 Å². The Hall–Kier alpha value is -1.67. The maximum Gasteiger partial charge on any atom is 0.238 e. The maximum absolute atomic E-state index is 13.9. The van der Waals surface area contributed by atoms with Gasteiger partial charge < -0.3 is 11.1 Å². The number of carbonyl (C=O) groups is 1. The van der Waals surface area contributed by atoms with Gasteiger partial charge in [-0.3, -0.25) is 4.79 Å². The van der Waals surface area contributed by atoms with E-state index in [-0.39, 0.29) is 28.4 Å². The van der Waals surface area contributed by atoms with Gasteiger partial charge in [0.1, 0.15) is 5.82 Å². The highest BCUT2D eigenvalue weighted by Crippen LogP contribution is 2.27. The molecule has 1 amide bonds. The van der Waals surface area contributed by atoms with E-state index in [1.54, 1.807) is 0 Å². The normalized spacial score (nSPS) is 22.8. The molecule has 0 aromatic heterocycles.